The van der Waals surface area contributed by atoms with E-state index in [9.17, 15) is 19.0 Å². The van der Waals surface area contributed by atoms with Crippen molar-refractivity contribution in [3.63, 3.8) is 0 Å². The SMILES string of the molecule is CC/C=C\C/C=C\C/C=C\C/C=C\C/C=C\C/C=C\C/C=C\CCCCCCCCCCCCCCCCCC(=O)OC(COC(=O)CCCCCCCCCC/C=C\C/C=C\C/C=C\C/C=C\CC)COP(=O)(O)OCCN. The van der Waals surface area contributed by atoms with Gasteiger partial charge in [0.15, 0.2) is 6.10 Å². The summed E-state index contributed by atoms with van der Waals surface area (Å²) in [6.45, 7) is 3.51. The van der Waals surface area contributed by atoms with E-state index in [0.29, 0.717) is 6.42 Å². The van der Waals surface area contributed by atoms with Crippen LogP contribution in [0.1, 0.15) is 258 Å². The Balaban J connectivity index is 3.93. The van der Waals surface area contributed by atoms with Crippen molar-refractivity contribution in [2.45, 2.75) is 264 Å². The van der Waals surface area contributed by atoms with Crippen LogP contribution >= 0.6 is 7.82 Å². The second kappa shape index (κ2) is 63.3. The molecule has 79 heavy (non-hydrogen) atoms. The van der Waals surface area contributed by atoms with Crippen LogP contribution in [0, 0.1) is 0 Å². The van der Waals surface area contributed by atoms with Gasteiger partial charge in [-0.25, -0.2) is 4.57 Å². The molecule has 0 aromatic carbocycles. The zero-order valence-corrected chi connectivity index (χ0v) is 51.2. The summed E-state index contributed by atoms with van der Waals surface area (Å²) in [6, 6.07) is 0. The fourth-order valence-electron chi connectivity index (χ4n) is 8.43. The van der Waals surface area contributed by atoms with Crippen molar-refractivity contribution in [2.75, 3.05) is 26.4 Å². The van der Waals surface area contributed by atoms with E-state index in [1.165, 1.54) is 103 Å². The lowest BCUT2D eigenvalue weighted by molar-refractivity contribution is -0.161. The summed E-state index contributed by atoms with van der Waals surface area (Å²) >= 11 is 0. The van der Waals surface area contributed by atoms with Crippen LogP contribution < -0.4 is 5.73 Å². The molecule has 0 saturated carbocycles. The third-order valence-corrected chi connectivity index (χ3v) is 14.0. The maximum Gasteiger partial charge on any atom is 0.472 e. The van der Waals surface area contributed by atoms with Crippen molar-refractivity contribution in [1.29, 1.82) is 0 Å². The average Bonchev–Trinajstić information content (AvgIpc) is 3.44. The lowest BCUT2D eigenvalue weighted by Gasteiger charge is -2.19. The summed E-state index contributed by atoms with van der Waals surface area (Å²) in [6.07, 6.45) is 89.5. The van der Waals surface area contributed by atoms with Crippen molar-refractivity contribution in [1.82, 2.24) is 0 Å². The van der Waals surface area contributed by atoms with Crippen molar-refractivity contribution in [3.8, 4) is 0 Å². The summed E-state index contributed by atoms with van der Waals surface area (Å²) in [7, 11) is -4.40. The average molecular weight is 1120 g/mol. The molecule has 3 N–H and O–H groups in total. The molecule has 0 aliphatic carbocycles. The van der Waals surface area contributed by atoms with Gasteiger partial charge in [-0.3, -0.25) is 18.6 Å². The van der Waals surface area contributed by atoms with Gasteiger partial charge < -0.3 is 20.1 Å². The van der Waals surface area contributed by atoms with Gasteiger partial charge in [0.25, 0.3) is 0 Å². The maximum atomic E-state index is 12.7. The molecular formula is C69H116NO8P. The molecule has 9 nitrogen and oxygen atoms in total. The monoisotopic (exact) mass is 1120 g/mol. The van der Waals surface area contributed by atoms with Crippen LogP contribution in [0.3, 0.4) is 0 Å². The third kappa shape index (κ3) is 63.2. The second-order valence-corrected chi connectivity index (χ2v) is 22.0. The first-order valence-corrected chi connectivity index (χ1v) is 33.2. The van der Waals surface area contributed by atoms with Gasteiger partial charge in [0, 0.05) is 19.4 Å². The first-order chi connectivity index (χ1) is 38.8. The minimum atomic E-state index is -4.40. The number of ether oxygens (including phenoxy) is 2. The Morgan fingerprint density at radius 3 is 0.975 bits per heavy atom. The molecule has 0 saturated heterocycles. The van der Waals surface area contributed by atoms with Gasteiger partial charge in [0.05, 0.1) is 13.2 Å². The molecule has 0 fully saturated rings. The second-order valence-electron chi connectivity index (χ2n) is 20.5. The van der Waals surface area contributed by atoms with E-state index in [1.54, 1.807) is 0 Å². The number of hydrogen-bond acceptors (Lipinski definition) is 8. The molecule has 0 aliphatic rings. The summed E-state index contributed by atoms with van der Waals surface area (Å²) < 4.78 is 33.1. The zero-order chi connectivity index (χ0) is 57.3. The largest absolute Gasteiger partial charge is 0.472 e. The molecule has 0 spiro atoms. The lowest BCUT2D eigenvalue weighted by Crippen LogP contribution is -2.29. The van der Waals surface area contributed by atoms with Crippen LogP contribution in [0.4, 0.5) is 0 Å². The van der Waals surface area contributed by atoms with Gasteiger partial charge >= 0.3 is 19.8 Å². The van der Waals surface area contributed by atoms with E-state index < -0.39 is 32.5 Å². The van der Waals surface area contributed by atoms with Crippen molar-refractivity contribution in [2.24, 2.45) is 5.73 Å². The number of allylic oxidation sites excluding steroid dienone is 22. The van der Waals surface area contributed by atoms with Crippen molar-refractivity contribution in [3.05, 3.63) is 134 Å². The molecule has 0 heterocycles. The standard InChI is InChI=1S/C69H116NO8P/c1-3-5-7-9-11-13-15-17-19-21-23-25-26-27-28-29-30-31-32-33-34-35-36-37-38-39-40-42-44-46-48-50-52-54-56-58-60-62-69(72)78-67(66-77-79(73,74)76-64-63-70)65-75-68(71)61-59-57-55-53-51-49-47-45-43-41-24-22-20-18-16-14-12-10-8-6-4-2/h5-8,11-14,17-20,23-25,27-28,30-31,33-34,41,67H,3-4,9-10,15-16,21-22,26,29,32,35-40,42-66,70H2,1-2H3,(H,73,74)/b7-5-,8-6-,13-11-,14-12-,19-17-,20-18-,25-23-,28-27-,31-30-,34-33-,41-24-. The quantitative estimate of drug-likeness (QED) is 0.0264. The molecule has 0 bridgehead atoms. The van der Waals surface area contributed by atoms with Crippen LogP contribution in [0.2, 0.25) is 0 Å². The summed E-state index contributed by atoms with van der Waals surface area (Å²) in [4.78, 5) is 35.3. The zero-order valence-electron chi connectivity index (χ0n) is 50.3. The number of phosphoric acid groups is 1. The highest BCUT2D eigenvalue weighted by Crippen LogP contribution is 2.43. The molecule has 0 radical (unpaired) electrons. The normalized spacial score (nSPS) is 13.9. The number of hydrogen-bond donors (Lipinski definition) is 2. The molecule has 0 aromatic heterocycles. The van der Waals surface area contributed by atoms with Gasteiger partial charge in [-0.15, -0.1) is 0 Å². The minimum absolute atomic E-state index is 0.0468. The Kier molecular flexibility index (Phi) is 60.2. The van der Waals surface area contributed by atoms with Gasteiger partial charge in [0.1, 0.15) is 6.61 Å². The maximum absolute atomic E-state index is 12.7. The van der Waals surface area contributed by atoms with E-state index in [1.807, 2.05) is 0 Å². The molecule has 0 rings (SSSR count). The first kappa shape index (κ1) is 75.2. The lowest BCUT2D eigenvalue weighted by atomic mass is 10.0. The molecule has 2 unspecified atom stereocenters. The van der Waals surface area contributed by atoms with Crippen LogP contribution in [0.15, 0.2) is 134 Å². The minimum Gasteiger partial charge on any atom is -0.462 e. The van der Waals surface area contributed by atoms with Crippen LogP contribution in [-0.4, -0.2) is 49.3 Å². The van der Waals surface area contributed by atoms with Crippen molar-refractivity contribution < 1.29 is 37.6 Å². The smallest absolute Gasteiger partial charge is 0.462 e. The Hall–Kier alpha value is -3.85. The molecule has 10 heteroatoms. The Labute approximate surface area is 484 Å². The number of esters is 2. The molecule has 0 amide bonds. The molecule has 2 atom stereocenters. The van der Waals surface area contributed by atoms with E-state index in [4.69, 9.17) is 24.3 Å². The van der Waals surface area contributed by atoms with Gasteiger partial charge in [0.2, 0.25) is 0 Å². The number of nitrogens with two attached hydrogens (primary N) is 1. The molecular weight excluding hydrogens is 1000 g/mol. The van der Waals surface area contributed by atoms with Crippen LogP contribution in [0.25, 0.3) is 0 Å². The number of carbonyl (C=O) groups is 2. The van der Waals surface area contributed by atoms with E-state index in [2.05, 4.69) is 148 Å². The Bertz CT molecular complexity index is 1750. The Morgan fingerprint density at radius 1 is 0.380 bits per heavy atom. The highest BCUT2D eigenvalue weighted by atomic mass is 31.2. The third-order valence-electron chi connectivity index (χ3n) is 13.0. The van der Waals surface area contributed by atoms with Gasteiger partial charge in [-0.05, 0) is 109 Å². The predicted molar refractivity (Wildman–Crippen MR) is 339 cm³/mol. The molecule has 0 aliphatic heterocycles. The van der Waals surface area contributed by atoms with E-state index >= 15 is 0 Å². The van der Waals surface area contributed by atoms with Crippen molar-refractivity contribution >= 4 is 19.8 Å². The van der Waals surface area contributed by atoms with Crippen LogP contribution in [-0.2, 0) is 32.7 Å². The van der Waals surface area contributed by atoms with Crippen LogP contribution in [0.5, 0.6) is 0 Å². The number of rotatable bonds is 58. The predicted octanol–water partition coefficient (Wildman–Crippen LogP) is 20.5. The number of phosphoric ester groups is 1. The molecule has 450 valence electrons. The van der Waals surface area contributed by atoms with E-state index in [0.717, 1.165) is 122 Å². The van der Waals surface area contributed by atoms with E-state index in [-0.39, 0.29) is 32.6 Å². The molecule has 0 aromatic rings. The van der Waals surface area contributed by atoms with Gasteiger partial charge in [-0.2, -0.15) is 0 Å². The topological polar surface area (TPSA) is 134 Å². The number of unbranched alkanes of at least 4 members (excludes halogenated alkanes) is 23. The number of carbonyl (C=O) groups excluding carboxylic acids is 2. The highest BCUT2D eigenvalue weighted by Gasteiger charge is 2.26. The Morgan fingerprint density at radius 2 is 0.658 bits per heavy atom. The first-order valence-electron chi connectivity index (χ1n) is 31.7. The fraction of sp³-hybridized carbons (Fsp3) is 0.652. The fourth-order valence-corrected chi connectivity index (χ4v) is 9.20. The highest BCUT2D eigenvalue weighted by molar-refractivity contribution is 7.47. The summed E-state index contributed by atoms with van der Waals surface area (Å²) in [5.41, 5.74) is 5.39. The van der Waals surface area contributed by atoms with Gasteiger partial charge in [-0.1, -0.05) is 270 Å². The summed E-state index contributed by atoms with van der Waals surface area (Å²) in [5.74, 6) is -0.839. The summed E-state index contributed by atoms with van der Waals surface area (Å²) in [5, 5.41) is 0.